The average Bonchev–Trinajstić information content (AvgIpc) is 3.36. The second kappa shape index (κ2) is 9.18. The third-order valence-corrected chi connectivity index (χ3v) is 8.79. The van der Waals surface area contributed by atoms with Gasteiger partial charge in [0, 0.05) is 0 Å². The minimum Gasteiger partial charge on any atom is -0.0985 e. The maximum Gasteiger partial charge on any atom is -0.00201 e. The van der Waals surface area contributed by atoms with Crippen LogP contribution in [0.1, 0.15) is 12.5 Å². The Bertz CT molecular complexity index is 2120. The molecule has 0 unspecified atom stereocenters. The Labute approximate surface area is 240 Å². The summed E-state index contributed by atoms with van der Waals surface area (Å²) in [5.41, 5.74) is 12.8. The van der Waals surface area contributed by atoms with Crippen molar-refractivity contribution in [3.63, 3.8) is 0 Å². The summed E-state index contributed by atoms with van der Waals surface area (Å²) in [6.45, 7) is 6.05. The first-order valence-electron chi connectivity index (χ1n) is 14.3. The molecule has 41 heavy (non-hydrogen) atoms. The lowest BCUT2D eigenvalue weighted by molar-refractivity contribution is 1.59. The average molecular weight is 521 g/mol. The molecule has 8 rings (SSSR count). The van der Waals surface area contributed by atoms with Gasteiger partial charge in [0.05, 0.1) is 0 Å². The summed E-state index contributed by atoms with van der Waals surface area (Å²) in [4.78, 5) is 0. The monoisotopic (exact) mass is 520 g/mol. The van der Waals surface area contributed by atoms with Crippen molar-refractivity contribution in [3.8, 4) is 44.5 Å². The van der Waals surface area contributed by atoms with Crippen molar-refractivity contribution < 1.29 is 0 Å². The molecule has 0 nitrogen and oxygen atoms in total. The molecule has 1 aliphatic carbocycles. The van der Waals surface area contributed by atoms with Crippen LogP contribution in [0.3, 0.4) is 0 Å². The minimum atomic E-state index is 1.15. The standard InChI is InChI=1S/C41H28/c1-3-26(4-2)27-20-22-28(23-21-27)39-32-14-7-9-16-34(32)41(35-17-10-8-15-33(35)39)38-25-24-37-30-13-6-5-12-29(30)31-18-11-19-36(38)40(31)37/h3-25H,1H2,2H3/b26-4+. The van der Waals surface area contributed by atoms with E-state index in [4.69, 9.17) is 0 Å². The van der Waals surface area contributed by atoms with Gasteiger partial charge in [-0.15, -0.1) is 0 Å². The Kier molecular flexibility index (Phi) is 5.30. The SMILES string of the molecule is C=C/C(=C\C)c1ccc(-c2c3ccccc3c(-c3ccc4c5c(cccc35)-c3ccccc3-4)c3ccccc23)cc1. The normalized spacial score (nSPS) is 12.3. The zero-order valence-corrected chi connectivity index (χ0v) is 23.0. The number of hydrogen-bond donors (Lipinski definition) is 0. The third-order valence-electron chi connectivity index (χ3n) is 8.79. The third kappa shape index (κ3) is 3.41. The van der Waals surface area contributed by atoms with Gasteiger partial charge in [-0.25, -0.2) is 0 Å². The zero-order valence-electron chi connectivity index (χ0n) is 23.0. The molecule has 0 heteroatoms. The Hall–Kier alpha value is -5.20. The van der Waals surface area contributed by atoms with Crippen molar-refractivity contribution in [2.75, 3.05) is 0 Å². The molecule has 0 saturated heterocycles. The molecular formula is C41H28. The molecule has 0 bridgehead atoms. The molecule has 0 aromatic heterocycles. The molecule has 0 amide bonds. The fourth-order valence-electron chi connectivity index (χ4n) is 6.99. The van der Waals surface area contributed by atoms with Crippen LogP contribution in [0.2, 0.25) is 0 Å². The lowest BCUT2D eigenvalue weighted by atomic mass is 9.84. The first-order valence-corrected chi connectivity index (χ1v) is 14.3. The first kappa shape index (κ1) is 23.7. The lowest BCUT2D eigenvalue weighted by Crippen LogP contribution is -1.92. The molecule has 192 valence electrons. The topological polar surface area (TPSA) is 0 Å². The van der Waals surface area contributed by atoms with Crippen LogP contribution in [0.25, 0.3) is 82.4 Å². The molecule has 0 heterocycles. The summed E-state index contributed by atoms with van der Waals surface area (Å²) in [5.74, 6) is 0. The van der Waals surface area contributed by atoms with Crippen LogP contribution in [0.15, 0.2) is 146 Å². The second-order valence-corrected chi connectivity index (χ2v) is 10.8. The molecule has 0 spiro atoms. The van der Waals surface area contributed by atoms with Crippen LogP contribution in [-0.4, -0.2) is 0 Å². The van der Waals surface area contributed by atoms with Crippen molar-refractivity contribution in [2.24, 2.45) is 0 Å². The lowest BCUT2D eigenvalue weighted by Gasteiger charge is -2.19. The predicted molar refractivity (Wildman–Crippen MR) is 178 cm³/mol. The maximum absolute atomic E-state index is 3.99. The van der Waals surface area contributed by atoms with Crippen molar-refractivity contribution in [1.29, 1.82) is 0 Å². The highest BCUT2D eigenvalue weighted by Gasteiger charge is 2.24. The molecule has 0 N–H and O–H groups in total. The highest BCUT2D eigenvalue weighted by atomic mass is 14.3. The van der Waals surface area contributed by atoms with E-state index in [1.807, 2.05) is 6.08 Å². The first-order chi connectivity index (χ1) is 20.3. The van der Waals surface area contributed by atoms with Crippen LogP contribution in [0.4, 0.5) is 0 Å². The van der Waals surface area contributed by atoms with E-state index in [2.05, 4.69) is 147 Å². The Morgan fingerprint density at radius 1 is 0.463 bits per heavy atom. The van der Waals surface area contributed by atoms with Gasteiger partial charge in [-0.2, -0.15) is 0 Å². The van der Waals surface area contributed by atoms with E-state index in [1.54, 1.807) is 0 Å². The van der Waals surface area contributed by atoms with Crippen LogP contribution in [-0.2, 0) is 0 Å². The van der Waals surface area contributed by atoms with Gasteiger partial charge >= 0.3 is 0 Å². The van der Waals surface area contributed by atoms with Gasteiger partial charge in [0.25, 0.3) is 0 Å². The predicted octanol–water partition coefficient (Wildman–Crippen LogP) is 11.7. The Balaban J connectivity index is 1.45. The van der Waals surface area contributed by atoms with E-state index in [0.717, 1.165) is 5.57 Å². The van der Waals surface area contributed by atoms with E-state index >= 15 is 0 Å². The molecule has 0 atom stereocenters. The Morgan fingerprint density at radius 3 is 1.54 bits per heavy atom. The maximum atomic E-state index is 3.99. The highest BCUT2D eigenvalue weighted by Crippen LogP contribution is 2.51. The molecule has 0 fully saturated rings. The molecular weight excluding hydrogens is 492 g/mol. The second-order valence-electron chi connectivity index (χ2n) is 10.8. The van der Waals surface area contributed by atoms with Gasteiger partial charge in [0.1, 0.15) is 0 Å². The van der Waals surface area contributed by atoms with E-state index in [0.29, 0.717) is 0 Å². The highest BCUT2D eigenvalue weighted by molar-refractivity contribution is 6.26. The molecule has 0 radical (unpaired) electrons. The molecule has 0 saturated carbocycles. The smallest absolute Gasteiger partial charge is 0.00201 e. The fraction of sp³-hybridized carbons (Fsp3) is 0.0244. The van der Waals surface area contributed by atoms with Gasteiger partial charge in [0.15, 0.2) is 0 Å². The minimum absolute atomic E-state index is 1.15. The number of allylic oxidation sites excluding steroid dienone is 3. The zero-order chi connectivity index (χ0) is 27.5. The van der Waals surface area contributed by atoms with Gasteiger partial charge in [-0.3, -0.25) is 0 Å². The van der Waals surface area contributed by atoms with Crippen molar-refractivity contribution >= 4 is 37.9 Å². The van der Waals surface area contributed by atoms with Crippen molar-refractivity contribution in [1.82, 2.24) is 0 Å². The summed E-state index contributed by atoms with van der Waals surface area (Å²) in [7, 11) is 0. The number of rotatable bonds is 4. The van der Waals surface area contributed by atoms with E-state index in [9.17, 15) is 0 Å². The van der Waals surface area contributed by atoms with Gasteiger partial charge in [0.2, 0.25) is 0 Å². The molecule has 0 aliphatic heterocycles. The van der Waals surface area contributed by atoms with Crippen LogP contribution < -0.4 is 0 Å². The fourth-order valence-corrected chi connectivity index (χ4v) is 6.99. The van der Waals surface area contributed by atoms with Gasteiger partial charge in [-0.1, -0.05) is 146 Å². The summed E-state index contributed by atoms with van der Waals surface area (Å²) < 4.78 is 0. The summed E-state index contributed by atoms with van der Waals surface area (Å²) in [6, 6.07) is 47.0. The van der Waals surface area contributed by atoms with Crippen molar-refractivity contribution in [2.45, 2.75) is 6.92 Å². The number of hydrogen-bond acceptors (Lipinski definition) is 0. The summed E-state index contributed by atoms with van der Waals surface area (Å²) in [6.07, 6.45) is 4.03. The molecule has 7 aromatic carbocycles. The molecule has 1 aliphatic rings. The van der Waals surface area contributed by atoms with Crippen LogP contribution in [0, 0.1) is 0 Å². The Morgan fingerprint density at radius 2 is 0.951 bits per heavy atom. The van der Waals surface area contributed by atoms with Crippen molar-refractivity contribution in [3.05, 3.63) is 152 Å². The summed E-state index contributed by atoms with van der Waals surface area (Å²) in [5, 5.41) is 7.78. The van der Waals surface area contributed by atoms with Gasteiger partial charge in [-0.05, 0) is 94.9 Å². The number of benzene rings is 7. The van der Waals surface area contributed by atoms with Gasteiger partial charge < -0.3 is 0 Å². The van der Waals surface area contributed by atoms with Crippen LogP contribution >= 0.6 is 0 Å². The van der Waals surface area contributed by atoms with E-state index in [1.165, 1.54) is 82.4 Å². The van der Waals surface area contributed by atoms with E-state index in [-0.39, 0.29) is 0 Å². The number of fused-ring (bicyclic) bond motifs is 5. The quantitative estimate of drug-likeness (QED) is 0.160. The van der Waals surface area contributed by atoms with E-state index < -0.39 is 0 Å². The largest absolute Gasteiger partial charge is 0.0985 e. The molecule has 7 aromatic rings. The summed E-state index contributed by atoms with van der Waals surface area (Å²) >= 11 is 0. The van der Waals surface area contributed by atoms with Crippen LogP contribution in [0.5, 0.6) is 0 Å².